The Balaban J connectivity index is 0. The number of hydrogen-bond acceptors (Lipinski definition) is 0. The normalized spacial score (nSPS) is 15.3. The smallest absolute Gasteiger partial charge is 0.187 e. The summed E-state index contributed by atoms with van der Waals surface area (Å²) in [5.74, 6) is 0. The molecule has 0 rings (SSSR count). The number of halogens is 2. The molecule has 0 amide bonds. The van der Waals surface area contributed by atoms with Crippen LogP contribution in [0.4, 0.5) is 0 Å². The Morgan fingerprint density at radius 3 is 1.50 bits per heavy atom. The molecule has 0 radical (unpaired) electrons. The number of alkyl halides is 2. The Morgan fingerprint density at radius 1 is 1.20 bits per heavy atom. The maximum Gasteiger partial charge on any atom is 0.187 e. The summed E-state index contributed by atoms with van der Waals surface area (Å²) in [4.78, 5) is 0. The minimum absolute atomic E-state index is 0. The molecule has 0 aromatic rings. The Labute approximate surface area is 89.7 Å². The van der Waals surface area contributed by atoms with E-state index in [1.807, 2.05) is 0 Å². The molecule has 0 spiro atoms. The third-order valence-corrected chi connectivity index (χ3v) is 14.6. The number of rotatable bonds is 3. The van der Waals surface area contributed by atoms with E-state index in [9.17, 15) is 0 Å². The van der Waals surface area contributed by atoms with Gasteiger partial charge < -0.3 is 0 Å². The Bertz CT molecular complexity index is 70.1. The maximum absolute atomic E-state index is 5.95. The molecule has 0 saturated heterocycles. The van der Waals surface area contributed by atoms with Gasteiger partial charge in [0.2, 0.25) is 0 Å². The molecule has 0 saturated carbocycles. The van der Waals surface area contributed by atoms with Crippen molar-refractivity contribution < 1.29 is 16.0 Å². The second-order valence-electron chi connectivity index (χ2n) is 2.87. The van der Waals surface area contributed by atoms with E-state index in [0.717, 1.165) is 0 Å². The summed E-state index contributed by atoms with van der Waals surface area (Å²) in [7, 11) is 0. The van der Waals surface area contributed by atoms with E-state index in [-0.39, 0.29) is 17.4 Å². The topological polar surface area (TPSA) is 0 Å². The minimum atomic E-state index is -1.47. The summed E-state index contributed by atoms with van der Waals surface area (Å²) in [6, 6.07) is 0. The van der Waals surface area contributed by atoms with Gasteiger partial charge in [0.25, 0.3) is 0 Å². The maximum atomic E-state index is 5.95. The van der Waals surface area contributed by atoms with E-state index < -0.39 is 16.0 Å². The monoisotopic (exact) mass is 249 g/mol. The van der Waals surface area contributed by atoms with Crippen molar-refractivity contribution in [3.8, 4) is 0 Å². The largest absolute Gasteiger partial charge is 0.187 e. The number of hydrogen-bond donors (Lipinski definition) is 0. The zero-order valence-corrected chi connectivity index (χ0v) is 10.8. The molecule has 0 aromatic carbocycles. The average Bonchev–Trinajstić information content (AvgIpc) is 1.64. The van der Waals surface area contributed by atoms with E-state index in [4.69, 9.17) is 23.2 Å². The zero-order chi connectivity index (χ0) is 7.44. The summed E-state index contributed by atoms with van der Waals surface area (Å²) in [6.07, 6.45) is 0. The van der Waals surface area contributed by atoms with E-state index in [0.29, 0.717) is 7.94 Å². The summed E-state index contributed by atoms with van der Waals surface area (Å²) < 4.78 is 0.810. The van der Waals surface area contributed by atoms with Crippen LogP contribution in [0.25, 0.3) is 0 Å². The molecule has 0 N–H and O–H groups in total. The molecule has 0 nitrogen and oxygen atoms in total. The molecule has 2 unspecified atom stereocenters. The van der Waals surface area contributed by atoms with Crippen LogP contribution in [0, 0.1) is 0 Å². The van der Waals surface area contributed by atoms with E-state index in [2.05, 4.69) is 20.8 Å². The van der Waals surface area contributed by atoms with Crippen molar-refractivity contribution >= 4 is 40.6 Å². The average molecular weight is 251 g/mol. The van der Waals surface area contributed by atoms with Gasteiger partial charge in [-0.05, 0) is 0 Å². The van der Waals surface area contributed by atoms with Gasteiger partial charge in [0.1, 0.15) is 0 Å². The fraction of sp³-hybridized carbons (Fsp3) is 1.00. The van der Waals surface area contributed by atoms with Crippen molar-refractivity contribution in [1.82, 2.24) is 0 Å². The van der Waals surface area contributed by atoms with Gasteiger partial charge in [-0.1, -0.05) is 0 Å². The third-order valence-electron chi connectivity index (χ3n) is 2.02. The molecular formula is C6H16AlCl2Zn. The van der Waals surface area contributed by atoms with Crippen LogP contribution in [0.2, 0.25) is 5.02 Å². The molecule has 4 heteroatoms. The van der Waals surface area contributed by atoms with Crippen LogP contribution in [0.1, 0.15) is 20.8 Å². The molecule has 0 bridgehead atoms. The van der Waals surface area contributed by atoms with E-state index >= 15 is 0 Å². The zero-order valence-electron chi connectivity index (χ0n) is 6.32. The molecular weight excluding hydrogens is 235 g/mol. The summed E-state index contributed by atoms with van der Waals surface area (Å²) in [5.41, 5.74) is 0. The Morgan fingerprint density at radius 2 is 1.50 bits per heavy atom. The van der Waals surface area contributed by atoms with E-state index in [1.54, 1.807) is 0 Å². The van der Waals surface area contributed by atoms with Crippen LogP contribution in [0.5, 0.6) is 0 Å². The fourth-order valence-corrected chi connectivity index (χ4v) is 12.0. The summed E-state index contributed by atoms with van der Waals surface area (Å²) >= 11 is 10.4. The first-order chi connectivity index (χ1) is 4.09. The molecule has 0 aromatic heterocycles. The van der Waals surface area contributed by atoms with Gasteiger partial charge in [-0.2, -0.15) is 0 Å². The van der Waals surface area contributed by atoms with Crippen molar-refractivity contribution in [2.24, 2.45) is 0 Å². The van der Waals surface area contributed by atoms with Gasteiger partial charge in [0.05, 0.1) is 0 Å². The fourth-order valence-electron chi connectivity index (χ4n) is 1.24. The predicted molar refractivity (Wildman–Crippen MR) is 51.1 cm³/mol. The van der Waals surface area contributed by atoms with E-state index in [1.165, 1.54) is 5.02 Å². The van der Waals surface area contributed by atoms with Gasteiger partial charge in [-0.15, -0.1) is 0 Å². The van der Waals surface area contributed by atoms with Crippen LogP contribution in [0.15, 0.2) is 0 Å². The van der Waals surface area contributed by atoms with Crippen LogP contribution in [0.3, 0.4) is 0 Å². The second-order valence-corrected chi connectivity index (χ2v) is 17.2. The third kappa shape index (κ3) is 5.39. The van der Waals surface area contributed by atoms with Crippen molar-refractivity contribution in [3.63, 3.8) is 0 Å². The molecule has 0 aliphatic rings. The first kappa shape index (κ1) is 14.3. The van der Waals surface area contributed by atoms with Gasteiger partial charge in [-0.25, -0.2) is 0 Å². The first-order valence-electron chi connectivity index (χ1n) is 3.61. The molecule has 0 aliphatic heterocycles. The Kier molecular flexibility index (Phi) is 10.5. The van der Waals surface area contributed by atoms with Gasteiger partial charge in [0, 0.05) is 0 Å². The van der Waals surface area contributed by atoms with Gasteiger partial charge in [-0.3, -0.25) is 0 Å². The van der Waals surface area contributed by atoms with Crippen molar-refractivity contribution in [2.45, 2.75) is 33.7 Å². The molecule has 0 fully saturated rings. The quantitative estimate of drug-likeness (QED) is 0.532. The standard InChI is InChI=1S/2C2H4Cl.C2H5.Al.Zn.3H/c2*1-2-3;1-2;;;;;/h2*2H,1H3;1H2,2H3;;;;;. The molecule has 59 valence electrons. The molecule has 2 atom stereocenters. The first-order valence-corrected chi connectivity index (χ1v) is 10.0. The van der Waals surface area contributed by atoms with Crippen molar-refractivity contribution in [1.29, 1.82) is 0 Å². The van der Waals surface area contributed by atoms with Crippen LogP contribution < -0.4 is 0 Å². The van der Waals surface area contributed by atoms with Crippen LogP contribution in [-0.2, 0) is 16.0 Å². The molecule has 10 heavy (non-hydrogen) atoms. The molecule has 0 aliphatic carbocycles. The van der Waals surface area contributed by atoms with Crippen LogP contribution in [-0.4, -0.2) is 25.3 Å². The van der Waals surface area contributed by atoms with Gasteiger partial charge >= 0.3 is 72.9 Å². The summed E-state index contributed by atoms with van der Waals surface area (Å²) in [6.45, 7) is 6.38. The SMILES string of the molecule is C[CH2][Zn]([CH](C)Cl)[CH](C)Cl.[AlH3]. The van der Waals surface area contributed by atoms with Crippen molar-refractivity contribution in [2.75, 3.05) is 0 Å². The Hall–Kier alpha value is 1.74. The minimum Gasteiger partial charge on any atom is 0.187 e. The van der Waals surface area contributed by atoms with Gasteiger partial charge in [0.15, 0.2) is 17.4 Å². The summed E-state index contributed by atoms with van der Waals surface area (Å²) in [5, 5.41) is 1.27. The van der Waals surface area contributed by atoms with Crippen molar-refractivity contribution in [3.05, 3.63) is 0 Å². The molecule has 0 heterocycles. The second kappa shape index (κ2) is 7.39. The van der Waals surface area contributed by atoms with Crippen LogP contribution >= 0.6 is 23.2 Å². The predicted octanol–water partition coefficient (Wildman–Crippen LogP) is 2.03.